The maximum Gasteiger partial charge on any atom is 0.113 e. The van der Waals surface area contributed by atoms with Gasteiger partial charge in [0.1, 0.15) is 6.73 Å². The van der Waals surface area contributed by atoms with Gasteiger partial charge in [0, 0.05) is 0 Å². The molecule has 1 aliphatic heterocycles. The van der Waals surface area contributed by atoms with Gasteiger partial charge in [-0.3, -0.25) is 0 Å². The Morgan fingerprint density at radius 1 is 1.88 bits per heavy atom. The maximum absolute atomic E-state index is 8.55. The van der Waals surface area contributed by atoms with Gasteiger partial charge in [-0.2, -0.15) is 0 Å². The molecule has 47 valence electrons. The van der Waals surface area contributed by atoms with Crippen LogP contribution in [0, 0.1) is 0 Å². The highest BCUT2D eigenvalue weighted by Crippen LogP contribution is 2.05. The predicted molar refractivity (Wildman–Crippen MR) is 28.4 cm³/mol. The van der Waals surface area contributed by atoms with Crippen molar-refractivity contribution in [3.05, 3.63) is 0 Å². The molecule has 1 radical (unpaired) electrons. The van der Waals surface area contributed by atoms with Crippen molar-refractivity contribution < 1.29 is 9.84 Å². The minimum absolute atomic E-state index is 0.0463. The molecule has 1 aliphatic rings. The van der Waals surface area contributed by atoms with E-state index in [1.807, 2.05) is 6.92 Å². The summed E-state index contributed by atoms with van der Waals surface area (Å²) in [5.74, 6) is 0. The SMILES string of the molecule is CC1[N]COC1CO. The van der Waals surface area contributed by atoms with Crippen LogP contribution in [0.4, 0.5) is 0 Å². The van der Waals surface area contributed by atoms with Crippen LogP contribution in [-0.4, -0.2) is 30.6 Å². The van der Waals surface area contributed by atoms with Gasteiger partial charge in [-0.25, -0.2) is 5.32 Å². The van der Waals surface area contributed by atoms with E-state index >= 15 is 0 Å². The maximum atomic E-state index is 8.55. The Bertz CT molecular complexity index is 76.8. The standard InChI is InChI=1S/C5H10NO2/c1-4-5(2-7)8-3-6-4/h4-5,7H,2-3H2,1H3. The average molecular weight is 116 g/mol. The van der Waals surface area contributed by atoms with E-state index in [1.54, 1.807) is 0 Å². The lowest BCUT2D eigenvalue weighted by molar-refractivity contribution is 0.0536. The van der Waals surface area contributed by atoms with E-state index in [0.29, 0.717) is 6.73 Å². The second-order valence-corrected chi connectivity index (χ2v) is 1.94. The van der Waals surface area contributed by atoms with Crippen LogP contribution in [0.3, 0.4) is 0 Å². The van der Waals surface area contributed by atoms with Gasteiger partial charge in [-0.15, -0.1) is 0 Å². The van der Waals surface area contributed by atoms with Gasteiger partial charge in [0.05, 0.1) is 18.8 Å². The molecular formula is C5H10NO2. The van der Waals surface area contributed by atoms with Crippen LogP contribution < -0.4 is 5.32 Å². The highest BCUT2D eigenvalue weighted by molar-refractivity contribution is 4.74. The number of aliphatic hydroxyl groups is 1. The summed E-state index contributed by atoms with van der Waals surface area (Å²) in [6, 6.07) is 0.181. The first-order valence-electron chi connectivity index (χ1n) is 2.73. The zero-order chi connectivity index (χ0) is 5.98. The Morgan fingerprint density at radius 3 is 2.88 bits per heavy atom. The fourth-order valence-electron chi connectivity index (χ4n) is 0.718. The van der Waals surface area contributed by atoms with E-state index in [4.69, 9.17) is 9.84 Å². The third-order valence-electron chi connectivity index (χ3n) is 1.37. The molecule has 0 saturated carbocycles. The number of hydrogen-bond donors (Lipinski definition) is 1. The van der Waals surface area contributed by atoms with Gasteiger partial charge >= 0.3 is 0 Å². The van der Waals surface area contributed by atoms with Gasteiger partial charge in [0.25, 0.3) is 0 Å². The Kier molecular flexibility index (Phi) is 1.83. The molecule has 2 unspecified atom stereocenters. The normalized spacial score (nSPS) is 38.2. The van der Waals surface area contributed by atoms with Crippen LogP contribution in [0.1, 0.15) is 6.92 Å². The third kappa shape index (κ3) is 0.992. The summed E-state index contributed by atoms with van der Waals surface area (Å²) in [5.41, 5.74) is 0. The molecule has 3 heteroatoms. The first kappa shape index (κ1) is 6.01. The molecule has 0 spiro atoms. The highest BCUT2D eigenvalue weighted by atomic mass is 16.5. The smallest absolute Gasteiger partial charge is 0.113 e. The van der Waals surface area contributed by atoms with Gasteiger partial charge in [-0.05, 0) is 6.92 Å². The van der Waals surface area contributed by atoms with Crippen LogP contribution in [0.15, 0.2) is 0 Å². The molecule has 8 heavy (non-hydrogen) atoms. The van der Waals surface area contributed by atoms with Crippen molar-refractivity contribution in [2.45, 2.75) is 19.1 Å². The molecule has 0 aromatic rings. The van der Waals surface area contributed by atoms with E-state index in [0.717, 1.165) is 0 Å². The van der Waals surface area contributed by atoms with Crippen molar-refractivity contribution in [1.82, 2.24) is 5.32 Å². The lowest BCUT2D eigenvalue weighted by atomic mass is 10.2. The topological polar surface area (TPSA) is 43.6 Å². The van der Waals surface area contributed by atoms with E-state index in [2.05, 4.69) is 5.32 Å². The number of ether oxygens (including phenoxy) is 1. The number of aliphatic hydroxyl groups excluding tert-OH is 1. The van der Waals surface area contributed by atoms with Crippen molar-refractivity contribution in [2.75, 3.05) is 13.3 Å². The second kappa shape index (κ2) is 2.44. The quantitative estimate of drug-likeness (QED) is 0.493. The number of nitrogens with zero attached hydrogens (tertiary/aromatic N) is 1. The largest absolute Gasteiger partial charge is 0.394 e. The number of hydrogen-bond acceptors (Lipinski definition) is 2. The Morgan fingerprint density at radius 2 is 2.62 bits per heavy atom. The fraction of sp³-hybridized carbons (Fsp3) is 1.00. The Balaban J connectivity index is 2.30. The zero-order valence-corrected chi connectivity index (χ0v) is 4.87. The zero-order valence-electron chi connectivity index (χ0n) is 4.87. The van der Waals surface area contributed by atoms with Crippen molar-refractivity contribution in [3.63, 3.8) is 0 Å². The molecule has 1 heterocycles. The lowest BCUT2D eigenvalue weighted by Crippen LogP contribution is -2.25. The van der Waals surface area contributed by atoms with Gasteiger partial charge < -0.3 is 9.84 Å². The molecule has 1 N–H and O–H groups in total. The van der Waals surface area contributed by atoms with Crippen molar-refractivity contribution in [1.29, 1.82) is 0 Å². The molecule has 0 aromatic heterocycles. The summed E-state index contributed by atoms with van der Waals surface area (Å²) in [6.07, 6.45) is -0.0463. The Hall–Kier alpha value is -0.120. The van der Waals surface area contributed by atoms with Crippen LogP contribution >= 0.6 is 0 Å². The van der Waals surface area contributed by atoms with Crippen molar-refractivity contribution >= 4 is 0 Å². The van der Waals surface area contributed by atoms with Gasteiger partial charge in [-0.1, -0.05) is 0 Å². The Labute approximate surface area is 48.7 Å². The molecule has 0 bridgehead atoms. The summed E-state index contributed by atoms with van der Waals surface area (Å²) in [4.78, 5) is 0. The van der Waals surface area contributed by atoms with Crippen LogP contribution in [0.2, 0.25) is 0 Å². The minimum atomic E-state index is -0.0463. The van der Waals surface area contributed by atoms with Crippen LogP contribution in [-0.2, 0) is 4.74 Å². The molecule has 0 amide bonds. The number of rotatable bonds is 1. The summed E-state index contributed by atoms with van der Waals surface area (Å²) in [5, 5.41) is 12.6. The van der Waals surface area contributed by atoms with E-state index in [-0.39, 0.29) is 18.8 Å². The third-order valence-corrected chi connectivity index (χ3v) is 1.37. The van der Waals surface area contributed by atoms with Gasteiger partial charge in [0.15, 0.2) is 0 Å². The van der Waals surface area contributed by atoms with Crippen LogP contribution in [0.5, 0.6) is 0 Å². The molecule has 0 aliphatic carbocycles. The van der Waals surface area contributed by atoms with Crippen molar-refractivity contribution in [2.24, 2.45) is 0 Å². The summed E-state index contributed by atoms with van der Waals surface area (Å²) < 4.78 is 5.00. The highest BCUT2D eigenvalue weighted by Gasteiger charge is 2.23. The summed E-state index contributed by atoms with van der Waals surface area (Å²) in [7, 11) is 0. The first-order valence-corrected chi connectivity index (χ1v) is 2.73. The van der Waals surface area contributed by atoms with E-state index < -0.39 is 0 Å². The molecule has 1 rings (SSSR count). The molecule has 3 nitrogen and oxygen atoms in total. The summed E-state index contributed by atoms with van der Waals surface area (Å²) >= 11 is 0. The predicted octanol–water partition coefficient (Wildman–Crippen LogP) is -0.672. The molecular weight excluding hydrogens is 106 g/mol. The molecule has 1 fully saturated rings. The lowest BCUT2D eigenvalue weighted by Gasteiger charge is -2.07. The van der Waals surface area contributed by atoms with E-state index in [1.165, 1.54) is 0 Å². The minimum Gasteiger partial charge on any atom is -0.394 e. The monoisotopic (exact) mass is 116 g/mol. The second-order valence-electron chi connectivity index (χ2n) is 1.94. The fourth-order valence-corrected chi connectivity index (χ4v) is 0.718. The first-order chi connectivity index (χ1) is 3.84. The molecule has 0 aromatic carbocycles. The molecule has 2 atom stereocenters. The average Bonchev–Trinajstić information content (AvgIpc) is 2.14. The van der Waals surface area contributed by atoms with Crippen LogP contribution in [0.25, 0.3) is 0 Å². The molecule has 1 saturated heterocycles. The van der Waals surface area contributed by atoms with Gasteiger partial charge in [0.2, 0.25) is 0 Å². The van der Waals surface area contributed by atoms with E-state index in [9.17, 15) is 0 Å². The van der Waals surface area contributed by atoms with Crippen molar-refractivity contribution in [3.8, 4) is 0 Å². The summed E-state index contributed by atoms with van der Waals surface area (Å²) in [6.45, 7) is 2.48.